The fourth-order valence-electron chi connectivity index (χ4n) is 3.82. The van der Waals surface area contributed by atoms with Crippen LogP contribution in [0, 0.1) is 0 Å². The van der Waals surface area contributed by atoms with Gasteiger partial charge in [-0.2, -0.15) is 11.8 Å². The van der Waals surface area contributed by atoms with E-state index in [1.165, 1.54) is 11.3 Å². The van der Waals surface area contributed by atoms with E-state index in [2.05, 4.69) is 34.9 Å². The molecule has 1 saturated heterocycles. The van der Waals surface area contributed by atoms with Gasteiger partial charge in [0.05, 0.1) is 30.1 Å². The molecule has 0 aliphatic carbocycles. The highest BCUT2D eigenvalue weighted by Gasteiger charge is 2.41. The molecule has 2 aliphatic rings. The number of amidine groups is 1. The lowest BCUT2D eigenvalue weighted by atomic mass is 9.87. The van der Waals surface area contributed by atoms with Gasteiger partial charge in [-0.25, -0.2) is 0 Å². The number of hydrogen-bond donors (Lipinski definition) is 2. The first kappa shape index (κ1) is 19.6. The van der Waals surface area contributed by atoms with Crippen molar-refractivity contribution < 1.29 is 4.74 Å². The van der Waals surface area contributed by atoms with Gasteiger partial charge in [0.25, 0.3) is 0 Å². The molecular formula is C22H26ClN3OS. The van der Waals surface area contributed by atoms with E-state index in [0.29, 0.717) is 6.54 Å². The second-order valence-electron chi connectivity index (χ2n) is 7.36. The summed E-state index contributed by atoms with van der Waals surface area (Å²) in [5.74, 6) is 3.33. The predicted molar refractivity (Wildman–Crippen MR) is 121 cm³/mol. The summed E-state index contributed by atoms with van der Waals surface area (Å²) in [4.78, 5) is 5.00. The first-order valence-electron chi connectivity index (χ1n) is 9.73. The van der Waals surface area contributed by atoms with E-state index in [-0.39, 0.29) is 5.54 Å². The SMILES string of the molecule is COCCc1ccc2c(c1)NC1(CCSCC1)C(=NCc1cccc(Cl)c1)N2. The average molecular weight is 416 g/mol. The van der Waals surface area contributed by atoms with Crippen molar-refractivity contribution in [1.29, 1.82) is 0 Å². The standard InChI is InChI=1S/C22H26ClN3OS/c1-27-10-7-16-5-6-19-20(14-16)26-22(8-11-28-12-9-22)21(25-19)24-15-17-3-2-4-18(23)13-17/h2-6,13-14,26H,7-12,15H2,1H3,(H,24,25). The molecule has 0 saturated carbocycles. The van der Waals surface area contributed by atoms with Gasteiger partial charge in [-0.15, -0.1) is 0 Å². The zero-order valence-corrected chi connectivity index (χ0v) is 17.7. The van der Waals surface area contributed by atoms with Gasteiger partial charge in [-0.05, 0) is 66.2 Å². The maximum atomic E-state index is 6.14. The lowest BCUT2D eigenvalue weighted by molar-refractivity contribution is 0.202. The lowest BCUT2D eigenvalue weighted by Gasteiger charge is -2.44. The molecule has 4 nitrogen and oxygen atoms in total. The Morgan fingerprint density at radius 3 is 2.75 bits per heavy atom. The zero-order chi connectivity index (χ0) is 19.4. The molecule has 0 amide bonds. The largest absolute Gasteiger partial charge is 0.384 e. The molecule has 6 heteroatoms. The monoisotopic (exact) mass is 415 g/mol. The molecule has 28 heavy (non-hydrogen) atoms. The summed E-state index contributed by atoms with van der Waals surface area (Å²) in [6.45, 7) is 1.36. The number of methoxy groups -OCH3 is 1. The van der Waals surface area contributed by atoms with Gasteiger partial charge < -0.3 is 15.4 Å². The zero-order valence-electron chi connectivity index (χ0n) is 16.1. The second-order valence-corrected chi connectivity index (χ2v) is 9.02. The van der Waals surface area contributed by atoms with Crippen LogP contribution in [0.5, 0.6) is 0 Å². The van der Waals surface area contributed by atoms with E-state index in [4.69, 9.17) is 21.3 Å². The molecule has 0 bridgehead atoms. The van der Waals surface area contributed by atoms with Gasteiger partial charge in [0.1, 0.15) is 5.84 Å². The van der Waals surface area contributed by atoms with E-state index < -0.39 is 0 Å². The number of fused-ring (bicyclic) bond motifs is 1. The fraction of sp³-hybridized carbons (Fsp3) is 0.409. The molecule has 2 aromatic rings. The lowest BCUT2D eigenvalue weighted by Crippen LogP contribution is -2.54. The maximum Gasteiger partial charge on any atom is 0.127 e. The second kappa shape index (κ2) is 8.76. The Labute approximate surface area is 176 Å². The Morgan fingerprint density at radius 1 is 1.11 bits per heavy atom. The summed E-state index contributed by atoms with van der Waals surface area (Å²) in [6, 6.07) is 14.5. The van der Waals surface area contributed by atoms with Crippen molar-refractivity contribution in [3.8, 4) is 0 Å². The number of nitrogens with one attached hydrogen (secondary N) is 2. The summed E-state index contributed by atoms with van der Waals surface area (Å²) in [5.41, 5.74) is 4.56. The van der Waals surface area contributed by atoms with E-state index in [0.717, 1.165) is 59.5 Å². The molecule has 0 radical (unpaired) electrons. The fourth-order valence-corrected chi connectivity index (χ4v) is 5.22. The summed E-state index contributed by atoms with van der Waals surface area (Å²) in [7, 11) is 1.75. The number of ether oxygens (including phenoxy) is 1. The van der Waals surface area contributed by atoms with Gasteiger partial charge in [-0.3, -0.25) is 4.99 Å². The van der Waals surface area contributed by atoms with Crippen LogP contribution < -0.4 is 10.6 Å². The molecule has 0 aromatic heterocycles. The number of anilines is 2. The number of hydrogen-bond acceptors (Lipinski definition) is 4. The predicted octanol–water partition coefficient (Wildman–Crippen LogP) is 5.23. The van der Waals surface area contributed by atoms with Crippen LogP contribution in [0.4, 0.5) is 11.4 Å². The van der Waals surface area contributed by atoms with Gasteiger partial charge >= 0.3 is 0 Å². The van der Waals surface area contributed by atoms with Crippen LogP contribution in [0.2, 0.25) is 5.02 Å². The Morgan fingerprint density at radius 2 is 1.96 bits per heavy atom. The van der Waals surface area contributed by atoms with Crippen LogP contribution in [0.25, 0.3) is 0 Å². The maximum absolute atomic E-state index is 6.14. The summed E-state index contributed by atoms with van der Waals surface area (Å²) >= 11 is 8.16. The van der Waals surface area contributed by atoms with Gasteiger partial charge in [0.15, 0.2) is 0 Å². The van der Waals surface area contributed by atoms with Crippen molar-refractivity contribution in [2.45, 2.75) is 31.3 Å². The highest BCUT2D eigenvalue weighted by Crippen LogP contribution is 2.39. The Bertz CT molecular complexity index is 865. The van der Waals surface area contributed by atoms with Gasteiger partial charge in [-0.1, -0.05) is 29.8 Å². The van der Waals surface area contributed by atoms with E-state index in [1.807, 2.05) is 30.0 Å². The first-order valence-corrected chi connectivity index (χ1v) is 11.3. The van der Waals surface area contributed by atoms with Gasteiger partial charge in [0.2, 0.25) is 0 Å². The topological polar surface area (TPSA) is 45.6 Å². The number of nitrogens with zero attached hydrogens (tertiary/aromatic N) is 1. The highest BCUT2D eigenvalue weighted by molar-refractivity contribution is 7.99. The van der Waals surface area contributed by atoms with Crippen molar-refractivity contribution >= 4 is 40.6 Å². The molecule has 0 unspecified atom stereocenters. The first-order chi connectivity index (χ1) is 13.7. The number of halogens is 1. The number of benzene rings is 2. The van der Waals surface area contributed by atoms with Crippen molar-refractivity contribution in [2.75, 3.05) is 35.9 Å². The van der Waals surface area contributed by atoms with Crippen LogP contribution >= 0.6 is 23.4 Å². The summed E-state index contributed by atoms with van der Waals surface area (Å²) in [6.07, 6.45) is 3.06. The Hall–Kier alpha value is -1.69. The third-order valence-corrected chi connectivity index (χ3v) is 6.63. The van der Waals surface area contributed by atoms with Crippen molar-refractivity contribution in [3.63, 3.8) is 0 Å². The minimum absolute atomic E-state index is 0.114. The van der Waals surface area contributed by atoms with Crippen molar-refractivity contribution in [1.82, 2.24) is 0 Å². The molecule has 148 valence electrons. The quantitative estimate of drug-likeness (QED) is 0.701. The third-order valence-electron chi connectivity index (χ3n) is 5.41. The van der Waals surface area contributed by atoms with Crippen LogP contribution in [0.1, 0.15) is 24.0 Å². The molecule has 2 aliphatic heterocycles. The molecule has 2 heterocycles. The molecule has 2 aromatic carbocycles. The molecule has 1 fully saturated rings. The molecule has 2 N–H and O–H groups in total. The van der Waals surface area contributed by atoms with Crippen LogP contribution in [-0.2, 0) is 17.7 Å². The number of thioether (sulfide) groups is 1. The van der Waals surface area contributed by atoms with E-state index in [9.17, 15) is 0 Å². The molecule has 0 atom stereocenters. The Balaban J connectivity index is 1.62. The minimum Gasteiger partial charge on any atom is -0.384 e. The smallest absolute Gasteiger partial charge is 0.127 e. The Kier molecular flexibility index (Phi) is 6.14. The van der Waals surface area contributed by atoms with Crippen LogP contribution in [0.3, 0.4) is 0 Å². The third kappa shape index (κ3) is 4.32. The van der Waals surface area contributed by atoms with E-state index >= 15 is 0 Å². The van der Waals surface area contributed by atoms with E-state index in [1.54, 1.807) is 7.11 Å². The van der Waals surface area contributed by atoms with Crippen LogP contribution in [0.15, 0.2) is 47.5 Å². The molecular weight excluding hydrogens is 390 g/mol. The minimum atomic E-state index is -0.114. The molecule has 1 spiro atoms. The van der Waals surface area contributed by atoms with Crippen LogP contribution in [-0.4, -0.2) is 36.6 Å². The summed E-state index contributed by atoms with van der Waals surface area (Å²) < 4.78 is 5.23. The number of rotatable bonds is 5. The number of aliphatic imine (C=N–C) groups is 1. The normalized spacial score (nSPS) is 19.1. The average Bonchev–Trinajstić information content (AvgIpc) is 2.71. The van der Waals surface area contributed by atoms with Gasteiger partial charge in [0, 0.05) is 12.1 Å². The van der Waals surface area contributed by atoms with Crippen molar-refractivity contribution in [3.05, 3.63) is 58.6 Å². The summed E-state index contributed by atoms with van der Waals surface area (Å²) in [5, 5.41) is 8.25. The molecule has 4 rings (SSSR count). The highest BCUT2D eigenvalue weighted by atomic mass is 35.5. The van der Waals surface area contributed by atoms with Crippen molar-refractivity contribution in [2.24, 2.45) is 4.99 Å².